The molecular formula is C53H58F2N10O9S2. The van der Waals surface area contributed by atoms with E-state index >= 15 is 4.39 Å². The highest BCUT2D eigenvalue weighted by Crippen LogP contribution is 2.47. The first-order chi connectivity index (χ1) is 36.3. The molecule has 1 fully saturated rings. The molecule has 10 rings (SSSR count). The summed E-state index contributed by atoms with van der Waals surface area (Å²) in [7, 11) is -2.23. The molecule has 5 atom stereocenters. The Bertz CT molecular complexity index is 3420. The molecule has 4 aliphatic heterocycles. The summed E-state index contributed by atoms with van der Waals surface area (Å²) < 4.78 is 68.8. The van der Waals surface area contributed by atoms with Crippen LogP contribution in [0.25, 0.3) is 21.7 Å². The number of hydrogen-bond donors (Lipinski definition) is 4. The van der Waals surface area contributed by atoms with Crippen LogP contribution in [0.15, 0.2) is 97.6 Å². The number of halogens is 2. The maximum absolute atomic E-state index is 15.4. The lowest BCUT2D eigenvalue weighted by atomic mass is 9.89. The van der Waals surface area contributed by atoms with Gasteiger partial charge in [0.1, 0.15) is 17.6 Å². The number of aliphatic hydroxyl groups excluding tert-OH is 1. The van der Waals surface area contributed by atoms with Gasteiger partial charge in [-0.1, -0.05) is 38.1 Å². The average molecular weight is 1080 g/mol. The maximum Gasteiger partial charge on any atom is 0.260 e. The van der Waals surface area contributed by atoms with E-state index < -0.39 is 68.5 Å². The Balaban J connectivity index is 0.791. The number of carbonyl (C=O) groups is 2. The van der Waals surface area contributed by atoms with Gasteiger partial charge in [-0.15, -0.1) is 11.3 Å². The number of rotatable bonds is 17. The number of benzene rings is 1. The molecule has 5 aromatic rings. The standard InChI is InChI=1S/C53H58F2N10O9S2/c1-28(2)42(52(69)65-24-33(66)21-39(65)48-60-53(4,74-62-48)31-12-10-30(11-13-31)47-29(3)59-27-75-47)40-22-41(61-73-40)72-19-9-7-8-16-57-50(67)43-35-25-64(49-37(55)20-32(54)23-58-49)38-14-17-56-46(44(35)38)45-34(15-18-63(5)51(45)68)36(43)26-76(6,70)71/h10-13,15,18,20,22-23,25,27-28,33,38-39,42,56,66H,7-9,14,16-17,19,21,24,26H2,1-6H3,(H,57,67)(H,60,62). The minimum atomic E-state index is -3.81. The number of amidine groups is 1. The number of aliphatic imine (C=N–C) groups is 1. The van der Waals surface area contributed by atoms with Gasteiger partial charge >= 0.3 is 0 Å². The summed E-state index contributed by atoms with van der Waals surface area (Å²) in [5.74, 6) is -3.48. The van der Waals surface area contributed by atoms with Crippen LogP contribution in [0.4, 0.5) is 14.6 Å². The second-order valence-corrected chi connectivity index (χ2v) is 23.2. The van der Waals surface area contributed by atoms with Crippen LogP contribution in [-0.2, 0) is 37.0 Å². The summed E-state index contributed by atoms with van der Waals surface area (Å²) in [5.41, 5.74) is 7.87. The van der Waals surface area contributed by atoms with Crippen molar-refractivity contribution < 1.29 is 46.0 Å². The van der Waals surface area contributed by atoms with Gasteiger partial charge in [-0.3, -0.25) is 14.4 Å². The van der Waals surface area contributed by atoms with Crippen molar-refractivity contribution in [1.82, 2.24) is 40.7 Å². The number of sulfone groups is 1. The zero-order valence-electron chi connectivity index (χ0n) is 42.7. The van der Waals surface area contributed by atoms with Crippen molar-refractivity contribution in [2.75, 3.05) is 43.1 Å². The minimum Gasteiger partial charge on any atom is -0.476 e. The van der Waals surface area contributed by atoms with Gasteiger partial charge in [0.25, 0.3) is 17.3 Å². The molecule has 4 aromatic heterocycles. The molecule has 0 spiro atoms. The summed E-state index contributed by atoms with van der Waals surface area (Å²) in [6.07, 6.45) is 6.48. The quantitative estimate of drug-likeness (QED) is 0.0825. The number of hydroxylamine groups is 1. The number of thiazole rings is 1. The fourth-order valence-corrected chi connectivity index (χ4v) is 12.4. The molecule has 0 bridgehead atoms. The number of likely N-dealkylation sites (tertiary alicyclic amines) is 1. The van der Waals surface area contributed by atoms with Gasteiger partial charge < -0.3 is 39.4 Å². The van der Waals surface area contributed by atoms with E-state index in [2.05, 4.69) is 31.2 Å². The van der Waals surface area contributed by atoms with Crippen LogP contribution < -0.4 is 31.3 Å². The summed E-state index contributed by atoms with van der Waals surface area (Å²) in [4.78, 5) is 66.6. The van der Waals surface area contributed by atoms with E-state index in [0.29, 0.717) is 60.7 Å². The average Bonchev–Trinajstić information content (AvgIpc) is 4.28. The molecule has 0 radical (unpaired) electrons. The van der Waals surface area contributed by atoms with Gasteiger partial charge in [-0.2, -0.15) is 0 Å². The fourth-order valence-electron chi connectivity index (χ4n) is 10.7. The lowest BCUT2D eigenvalue weighted by molar-refractivity contribution is -0.134. The Kier molecular flexibility index (Phi) is 14.3. The zero-order valence-corrected chi connectivity index (χ0v) is 44.4. The second-order valence-electron chi connectivity index (χ2n) is 20.3. The lowest BCUT2D eigenvalue weighted by Gasteiger charge is -2.32. The van der Waals surface area contributed by atoms with Gasteiger partial charge in [0, 0.05) is 80.6 Å². The Morgan fingerprint density at radius 2 is 1.88 bits per heavy atom. The largest absolute Gasteiger partial charge is 0.476 e. The zero-order chi connectivity index (χ0) is 53.8. The molecule has 19 nitrogen and oxygen atoms in total. The molecule has 0 saturated carbocycles. The molecule has 8 heterocycles. The Labute approximate surface area is 441 Å². The molecule has 1 aromatic carbocycles. The molecule has 400 valence electrons. The smallest absolute Gasteiger partial charge is 0.260 e. The molecule has 4 N–H and O–H groups in total. The molecule has 5 unspecified atom stereocenters. The predicted octanol–water partition coefficient (Wildman–Crippen LogP) is 5.64. The summed E-state index contributed by atoms with van der Waals surface area (Å²) >= 11 is 1.57. The minimum absolute atomic E-state index is 0.0182. The number of aromatic nitrogens is 4. The van der Waals surface area contributed by atoms with Crippen LogP contribution in [0, 0.1) is 24.5 Å². The number of hydrogen-bond acceptors (Lipinski definition) is 17. The van der Waals surface area contributed by atoms with Crippen molar-refractivity contribution in [3.63, 3.8) is 0 Å². The number of pyridine rings is 2. The number of fused-ring (bicyclic) bond motifs is 2. The van der Waals surface area contributed by atoms with E-state index in [1.165, 1.54) is 21.9 Å². The first-order valence-electron chi connectivity index (χ1n) is 25.1. The first kappa shape index (κ1) is 52.4. The third-order valence-corrected chi connectivity index (χ3v) is 16.2. The highest BCUT2D eigenvalue weighted by atomic mass is 32.2. The van der Waals surface area contributed by atoms with Crippen LogP contribution >= 0.6 is 11.3 Å². The number of β-amino-alcohol motifs (C(OH)–C–C–N with tert-alkyl or cyclic N) is 1. The number of carbonyl (C=O) groups excluding carboxylic acids is 2. The molecule has 76 heavy (non-hydrogen) atoms. The summed E-state index contributed by atoms with van der Waals surface area (Å²) in [6, 6.07) is 10.6. The van der Waals surface area contributed by atoms with E-state index in [1.807, 2.05) is 57.5 Å². The number of anilines is 1. The van der Waals surface area contributed by atoms with Crippen molar-refractivity contribution >= 4 is 55.9 Å². The number of nitrogens with zero attached hydrogens (tertiary/aromatic N) is 7. The topological polar surface area (TPSA) is 236 Å². The Morgan fingerprint density at radius 3 is 2.61 bits per heavy atom. The van der Waals surface area contributed by atoms with E-state index in [9.17, 15) is 32.3 Å². The van der Waals surface area contributed by atoms with Crippen LogP contribution in [0.3, 0.4) is 0 Å². The number of ether oxygens (including phenoxy) is 1. The number of aliphatic hydroxyl groups is 1. The Morgan fingerprint density at radius 1 is 1.09 bits per heavy atom. The lowest BCUT2D eigenvalue weighted by Crippen LogP contribution is -2.46. The first-order valence-corrected chi connectivity index (χ1v) is 28.1. The van der Waals surface area contributed by atoms with Gasteiger partial charge in [0.15, 0.2) is 27.2 Å². The number of amides is 2. The van der Waals surface area contributed by atoms with E-state index in [1.54, 1.807) is 35.4 Å². The van der Waals surface area contributed by atoms with E-state index in [-0.39, 0.29) is 71.9 Å². The van der Waals surface area contributed by atoms with Crippen molar-refractivity contribution in [2.45, 2.75) is 89.6 Å². The summed E-state index contributed by atoms with van der Waals surface area (Å²) in [6.45, 7) is 8.47. The maximum atomic E-state index is 15.4. The number of aryl methyl sites for hydroxylation is 2. The van der Waals surface area contributed by atoms with Crippen molar-refractivity contribution in [1.29, 1.82) is 0 Å². The molecule has 2 amide bonds. The van der Waals surface area contributed by atoms with Crippen LogP contribution in [0.2, 0.25) is 0 Å². The monoisotopic (exact) mass is 1080 g/mol. The number of nitrogens with one attached hydrogen (secondary N) is 3. The van der Waals surface area contributed by atoms with Crippen molar-refractivity contribution in [3.8, 4) is 16.3 Å². The molecule has 1 saturated heterocycles. The highest BCUT2D eigenvalue weighted by Gasteiger charge is 2.47. The molecule has 5 aliphatic rings. The Hall–Kier alpha value is -7.08. The van der Waals surface area contributed by atoms with Crippen molar-refractivity contribution in [2.24, 2.45) is 18.0 Å². The van der Waals surface area contributed by atoms with Gasteiger partial charge in [0.2, 0.25) is 11.6 Å². The second kappa shape index (κ2) is 20.8. The third kappa shape index (κ3) is 10.1. The molecular weight excluding hydrogens is 1020 g/mol. The fraction of sp³-hybridized carbons (Fsp3) is 0.415. The van der Waals surface area contributed by atoms with E-state index in [0.717, 1.165) is 40.2 Å². The van der Waals surface area contributed by atoms with Crippen LogP contribution in [-0.4, -0.2) is 112 Å². The van der Waals surface area contributed by atoms with Gasteiger partial charge in [-0.25, -0.2) is 42.5 Å². The van der Waals surface area contributed by atoms with E-state index in [4.69, 9.17) is 19.1 Å². The highest BCUT2D eigenvalue weighted by molar-refractivity contribution is 7.91. The molecule has 23 heteroatoms. The van der Waals surface area contributed by atoms with Gasteiger partial charge in [0.05, 0.1) is 69.7 Å². The third-order valence-electron chi connectivity index (χ3n) is 14.4. The number of unbranched alkanes of at least 4 members (excludes halogenated alkanes) is 2. The predicted molar refractivity (Wildman–Crippen MR) is 280 cm³/mol. The SMILES string of the molecule is Cc1ncsc1-c1ccc(C2(C)N=C(C3CC(O)CN3C(=O)C(c3cc(OCCCCCNC(=O)C4=C(CS(C)(=O)=O)c5ccn(C)c(=O)c5C5=C6C4=CN(c4ncc(F)cc4F)C6CCN5)no3)C(C)C)NO2)cc1. The van der Waals surface area contributed by atoms with Crippen LogP contribution in [0.5, 0.6) is 5.88 Å². The summed E-state index contributed by atoms with van der Waals surface area (Å²) in [5, 5.41) is 21.3. The van der Waals surface area contributed by atoms with Crippen molar-refractivity contribution in [3.05, 3.63) is 133 Å². The van der Waals surface area contributed by atoms with Crippen LogP contribution in [0.1, 0.15) is 86.9 Å². The van der Waals surface area contributed by atoms with Gasteiger partial charge in [-0.05, 0) is 73.4 Å². The normalized spacial score (nSPS) is 21.5. The molecule has 1 aliphatic carbocycles.